The van der Waals surface area contributed by atoms with Gasteiger partial charge in [-0.2, -0.15) is 0 Å². The zero-order valence-electron chi connectivity index (χ0n) is 24.6. The van der Waals surface area contributed by atoms with Gasteiger partial charge >= 0.3 is 228 Å². The van der Waals surface area contributed by atoms with Gasteiger partial charge in [0, 0.05) is 0 Å². The van der Waals surface area contributed by atoms with Crippen LogP contribution in [0, 0.1) is 12.8 Å². The van der Waals surface area contributed by atoms with Crippen molar-refractivity contribution in [3.8, 4) is 0 Å². The van der Waals surface area contributed by atoms with Crippen LogP contribution in [0.15, 0.2) is 119 Å². The van der Waals surface area contributed by atoms with E-state index >= 15 is 0 Å². The van der Waals surface area contributed by atoms with E-state index in [0.29, 0.717) is 5.92 Å². The van der Waals surface area contributed by atoms with Crippen LogP contribution in [0.3, 0.4) is 0 Å². The number of halogens is 1. The fraction of sp³-hybridized carbons (Fsp3) is 0.378. The molecule has 1 aliphatic heterocycles. The second-order valence-electron chi connectivity index (χ2n) is 11.3. The summed E-state index contributed by atoms with van der Waals surface area (Å²) in [7, 11) is 0. The van der Waals surface area contributed by atoms with Crippen molar-refractivity contribution in [2.24, 2.45) is 11.0 Å². The van der Waals surface area contributed by atoms with Crippen molar-refractivity contribution in [2.75, 3.05) is 27.0 Å². The van der Waals surface area contributed by atoms with Crippen LogP contribution in [0.25, 0.3) is 0 Å². The van der Waals surface area contributed by atoms with Gasteiger partial charge in [0.25, 0.3) is 0 Å². The van der Waals surface area contributed by atoms with E-state index in [2.05, 4.69) is 103 Å². The van der Waals surface area contributed by atoms with Gasteiger partial charge in [-0.15, -0.1) is 0 Å². The van der Waals surface area contributed by atoms with Crippen molar-refractivity contribution in [3.05, 3.63) is 125 Å². The molecule has 0 spiro atoms. The Kier molecular flexibility index (Phi) is 11.1. The summed E-state index contributed by atoms with van der Waals surface area (Å²) >= 11 is 0.0722. The van der Waals surface area contributed by atoms with E-state index in [-0.39, 0.29) is 21.2 Å². The molecule has 3 nitrogen and oxygen atoms in total. The minimum absolute atomic E-state index is 0.0722. The van der Waals surface area contributed by atoms with Crippen LogP contribution >= 0.6 is 0 Å². The molecule has 0 aromatic heterocycles. The van der Waals surface area contributed by atoms with Crippen LogP contribution in [-0.4, -0.2) is 33.3 Å². The molecule has 1 unspecified atom stereocenters. The number of allylic oxidation sites excluding steroid dienone is 13. The SMILES string of the molecule is C=C/C=C\CCCN(/N=C/c1ccc(N2CCC3=CC(CC=C3)C3=CC(=CCC3)C[I-]C2)cc1C)C1=CCCC=C1. The first kappa shape index (κ1) is 29.6. The summed E-state index contributed by atoms with van der Waals surface area (Å²) in [5, 5.41) is 7.15. The molecule has 1 atom stereocenters. The van der Waals surface area contributed by atoms with Crippen molar-refractivity contribution in [1.29, 1.82) is 0 Å². The standard InChI is InChI=1S/C37H45IN3/c1-3-4-5-6-10-22-41(36-17-8-7-9-18-36)39-28-35-19-20-37(24-30(35)2)40-23-21-31-13-11-15-33(25-31)34-16-12-14-32(26-34)27-38-29-40/h3-5,8,11,13-14,17-20,24-26,28,33H,1,6-7,9-10,12,15-16,21-23,27,29H2,2H3/q-1/b5-4-,39-28+. The summed E-state index contributed by atoms with van der Waals surface area (Å²) < 4.78 is 2.48. The van der Waals surface area contributed by atoms with Gasteiger partial charge in [0.05, 0.1) is 0 Å². The first-order valence-electron chi connectivity index (χ1n) is 15.3. The molecule has 4 heteroatoms. The van der Waals surface area contributed by atoms with Crippen LogP contribution < -0.4 is 26.1 Å². The molecule has 216 valence electrons. The third-order valence-electron chi connectivity index (χ3n) is 8.21. The number of alkyl halides is 2. The zero-order chi connectivity index (χ0) is 28.3. The number of hydrogen-bond donors (Lipinski definition) is 0. The molecule has 0 saturated carbocycles. The molecule has 0 radical (unpaired) electrons. The van der Waals surface area contributed by atoms with Crippen LogP contribution in [0.2, 0.25) is 0 Å². The van der Waals surface area contributed by atoms with E-state index in [1.54, 1.807) is 11.1 Å². The molecule has 4 aliphatic rings. The van der Waals surface area contributed by atoms with Crippen LogP contribution in [0.1, 0.15) is 62.5 Å². The number of hydrogen-bond acceptors (Lipinski definition) is 3. The van der Waals surface area contributed by atoms with E-state index in [9.17, 15) is 0 Å². The van der Waals surface area contributed by atoms with E-state index < -0.39 is 0 Å². The fourth-order valence-electron chi connectivity index (χ4n) is 5.86. The number of fused-ring (bicyclic) bond motifs is 3. The van der Waals surface area contributed by atoms with Crippen molar-refractivity contribution in [1.82, 2.24) is 5.01 Å². The summed E-state index contributed by atoms with van der Waals surface area (Å²) in [6.07, 6.45) is 36.3. The number of aryl methyl sites for hydroxylation is 1. The van der Waals surface area contributed by atoms with E-state index in [1.165, 1.54) is 56.3 Å². The summed E-state index contributed by atoms with van der Waals surface area (Å²) in [4.78, 5) is 2.65. The van der Waals surface area contributed by atoms with E-state index in [0.717, 1.165) is 45.2 Å². The number of rotatable bonds is 9. The molecule has 3 aliphatic carbocycles. The maximum absolute atomic E-state index is 4.98. The third kappa shape index (κ3) is 8.57. The van der Waals surface area contributed by atoms with E-state index in [4.69, 9.17) is 5.10 Å². The fourth-order valence-corrected chi connectivity index (χ4v) is 8.57. The predicted molar refractivity (Wildman–Crippen MR) is 173 cm³/mol. The van der Waals surface area contributed by atoms with Gasteiger partial charge in [-0.1, -0.05) is 24.8 Å². The molecular formula is C37H45IN3-. The van der Waals surface area contributed by atoms with Gasteiger partial charge in [-0.3, -0.25) is 0 Å². The number of benzene rings is 1. The quantitative estimate of drug-likeness (QED) is 0.0637. The molecule has 0 saturated heterocycles. The first-order valence-corrected chi connectivity index (χ1v) is 18.4. The maximum atomic E-state index is 4.98. The van der Waals surface area contributed by atoms with Crippen molar-refractivity contribution in [3.63, 3.8) is 0 Å². The Balaban J connectivity index is 1.29. The van der Waals surface area contributed by atoms with Crippen molar-refractivity contribution < 1.29 is 21.2 Å². The summed E-state index contributed by atoms with van der Waals surface area (Å²) in [6, 6.07) is 6.97. The van der Waals surface area contributed by atoms with Gasteiger partial charge in [0.1, 0.15) is 0 Å². The predicted octanol–water partition coefficient (Wildman–Crippen LogP) is 5.79. The summed E-state index contributed by atoms with van der Waals surface area (Å²) in [6.45, 7) is 7.99. The number of nitrogens with zero attached hydrogens (tertiary/aromatic N) is 3. The molecule has 4 bridgehead atoms. The van der Waals surface area contributed by atoms with Crippen LogP contribution in [0.4, 0.5) is 5.69 Å². The first-order chi connectivity index (χ1) is 20.2. The second kappa shape index (κ2) is 15.4. The number of unbranched alkanes of at least 4 members (excludes halogenated alkanes) is 1. The van der Waals surface area contributed by atoms with Crippen LogP contribution in [-0.2, 0) is 0 Å². The Morgan fingerprint density at radius 1 is 1.10 bits per heavy atom. The topological polar surface area (TPSA) is 18.8 Å². The molecule has 41 heavy (non-hydrogen) atoms. The molecule has 5 rings (SSSR count). The monoisotopic (exact) mass is 658 g/mol. The Morgan fingerprint density at radius 3 is 2.90 bits per heavy atom. The molecule has 0 amide bonds. The minimum atomic E-state index is 0.0722. The van der Waals surface area contributed by atoms with E-state index in [1.807, 2.05) is 12.2 Å². The number of anilines is 1. The Hall–Kier alpha value is -2.86. The summed E-state index contributed by atoms with van der Waals surface area (Å²) in [5.74, 6) is 0.605. The normalized spacial score (nSPS) is 21.3. The van der Waals surface area contributed by atoms with Gasteiger partial charge in [-0.25, -0.2) is 0 Å². The molecule has 0 N–H and O–H groups in total. The average molecular weight is 659 g/mol. The molecule has 1 heterocycles. The van der Waals surface area contributed by atoms with Gasteiger partial charge in [0.2, 0.25) is 0 Å². The Labute approximate surface area is 258 Å². The Bertz CT molecular complexity index is 1320. The molecule has 1 aromatic rings. The van der Waals surface area contributed by atoms with Gasteiger partial charge in [-0.05, 0) is 6.42 Å². The number of hydrazone groups is 1. The Morgan fingerprint density at radius 2 is 2.05 bits per heavy atom. The van der Waals surface area contributed by atoms with Crippen molar-refractivity contribution >= 4 is 11.9 Å². The summed E-state index contributed by atoms with van der Waals surface area (Å²) in [5.41, 5.74) is 9.81. The third-order valence-corrected chi connectivity index (χ3v) is 10.9. The van der Waals surface area contributed by atoms with Crippen LogP contribution in [0.5, 0.6) is 0 Å². The second-order valence-corrected chi connectivity index (χ2v) is 13.8. The van der Waals surface area contributed by atoms with Gasteiger partial charge < -0.3 is 0 Å². The molecule has 0 fully saturated rings. The van der Waals surface area contributed by atoms with Gasteiger partial charge in [0.15, 0.2) is 0 Å². The van der Waals surface area contributed by atoms with Crippen molar-refractivity contribution in [2.45, 2.75) is 58.3 Å². The molecule has 1 aromatic carbocycles. The molecular weight excluding hydrogens is 613 g/mol. The average Bonchev–Trinajstić information content (AvgIpc) is 3.01. The zero-order valence-corrected chi connectivity index (χ0v) is 26.8.